The lowest BCUT2D eigenvalue weighted by atomic mass is 10.1. The van der Waals surface area contributed by atoms with Crippen LogP contribution in [0.3, 0.4) is 0 Å². The molecule has 4 heteroatoms. The van der Waals surface area contributed by atoms with Gasteiger partial charge in [-0.05, 0) is 42.5 Å². The van der Waals surface area contributed by atoms with Crippen molar-refractivity contribution in [2.45, 2.75) is 31.7 Å². The Balaban J connectivity index is 2.04. The fraction of sp³-hybridized carbons (Fsp3) is 0.471. The molecule has 2 aromatic rings. The Labute approximate surface area is 134 Å². The predicted molar refractivity (Wildman–Crippen MR) is 91.7 cm³/mol. The number of pyridine rings is 1. The van der Waals surface area contributed by atoms with Gasteiger partial charge in [-0.2, -0.15) is 0 Å². The van der Waals surface area contributed by atoms with E-state index in [1.165, 1.54) is 36.5 Å². The van der Waals surface area contributed by atoms with Crippen LogP contribution in [0, 0.1) is 0 Å². The smallest absolute Gasteiger partial charge is 0.136 e. The highest BCUT2D eigenvalue weighted by Crippen LogP contribution is 2.32. The molecule has 0 saturated heterocycles. The molecule has 0 N–H and O–H groups in total. The molecule has 0 amide bonds. The summed E-state index contributed by atoms with van der Waals surface area (Å²) in [6.45, 7) is 1.00. The van der Waals surface area contributed by atoms with Gasteiger partial charge in [0.2, 0.25) is 0 Å². The SMILES string of the molecule is COc1ccc2c(N(CCBr)C3CCCC3)nccc2c1. The van der Waals surface area contributed by atoms with Crippen LogP contribution in [-0.2, 0) is 0 Å². The van der Waals surface area contributed by atoms with Gasteiger partial charge in [0.1, 0.15) is 11.6 Å². The maximum absolute atomic E-state index is 5.33. The molecule has 0 bridgehead atoms. The quantitative estimate of drug-likeness (QED) is 0.749. The Morgan fingerprint density at radius 1 is 1.29 bits per heavy atom. The monoisotopic (exact) mass is 348 g/mol. The van der Waals surface area contributed by atoms with E-state index in [0.717, 1.165) is 23.4 Å². The van der Waals surface area contributed by atoms with Crippen molar-refractivity contribution in [3.8, 4) is 5.75 Å². The van der Waals surface area contributed by atoms with E-state index in [9.17, 15) is 0 Å². The third-order valence-corrected chi connectivity index (χ3v) is 4.67. The number of aromatic nitrogens is 1. The second-order valence-electron chi connectivity index (χ2n) is 5.54. The van der Waals surface area contributed by atoms with Gasteiger partial charge < -0.3 is 9.64 Å². The number of nitrogens with zero attached hydrogens (tertiary/aromatic N) is 2. The zero-order valence-corrected chi connectivity index (χ0v) is 14.0. The van der Waals surface area contributed by atoms with Crippen molar-refractivity contribution in [3.05, 3.63) is 30.5 Å². The van der Waals surface area contributed by atoms with Crippen LogP contribution >= 0.6 is 15.9 Å². The molecule has 3 nitrogen and oxygen atoms in total. The lowest BCUT2D eigenvalue weighted by Gasteiger charge is -2.30. The van der Waals surface area contributed by atoms with E-state index < -0.39 is 0 Å². The lowest BCUT2D eigenvalue weighted by molar-refractivity contribution is 0.415. The van der Waals surface area contributed by atoms with Crippen molar-refractivity contribution in [1.82, 2.24) is 4.98 Å². The van der Waals surface area contributed by atoms with Crippen LogP contribution in [-0.4, -0.2) is 30.0 Å². The third kappa shape index (κ3) is 3.00. The van der Waals surface area contributed by atoms with Crippen molar-refractivity contribution in [3.63, 3.8) is 0 Å². The zero-order chi connectivity index (χ0) is 14.7. The molecule has 0 atom stereocenters. The van der Waals surface area contributed by atoms with Crippen molar-refractivity contribution < 1.29 is 4.74 Å². The van der Waals surface area contributed by atoms with Crippen LogP contribution < -0.4 is 9.64 Å². The van der Waals surface area contributed by atoms with E-state index in [2.05, 4.69) is 39.0 Å². The number of hydrogen-bond acceptors (Lipinski definition) is 3. The van der Waals surface area contributed by atoms with E-state index in [1.54, 1.807) is 7.11 Å². The second-order valence-corrected chi connectivity index (χ2v) is 6.34. The molecular weight excluding hydrogens is 328 g/mol. The molecule has 112 valence electrons. The van der Waals surface area contributed by atoms with E-state index in [1.807, 2.05) is 12.3 Å². The van der Waals surface area contributed by atoms with E-state index >= 15 is 0 Å². The summed E-state index contributed by atoms with van der Waals surface area (Å²) in [4.78, 5) is 7.17. The Bertz CT molecular complexity index is 611. The number of methoxy groups -OCH3 is 1. The molecule has 1 aromatic heterocycles. The fourth-order valence-corrected chi connectivity index (χ4v) is 3.65. The first-order valence-electron chi connectivity index (χ1n) is 7.59. The number of hydrogen-bond donors (Lipinski definition) is 0. The third-order valence-electron chi connectivity index (χ3n) is 4.31. The summed E-state index contributed by atoms with van der Waals surface area (Å²) in [5, 5.41) is 3.38. The number of fused-ring (bicyclic) bond motifs is 1. The molecule has 0 unspecified atom stereocenters. The van der Waals surface area contributed by atoms with Crippen LogP contribution in [0.1, 0.15) is 25.7 Å². The van der Waals surface area contributed by atoms with Crippen molar-refractivity contribution >= 4 is 32.5 Å². The molecular formula is C17H21BrN2O. The summed E-state index contributed by atoms with van der Waals surface area (Å²) in [5.74, 6) is 2.01. The summed E-state index contributed by atoms with van der Waals surface area (Å²) < 4.78 is 5.33. The molecule has 3 rings (SSSR count). The van der Waals surface area contributed by atoms with Crippen LogP contribution in [0.25, 0.3) is 10.8 Å². The molecule has 0 aliphatic heterocycles. The van der Waals surface area contributed by atoms with Gasteiger partial charge in [0, 0.05) is 29.5 Å². The first-order chi connectivity index (χ1) is 10.3. The minimum Gasteiger partial charge on any atom is -0.497 e. The molecule has 1 saturated carbocycles. The van der Waals surface area contributed by atoms with Crippen molar-refractivity contribution in [2.75, 3.05) is 23.9 Å². The van der Waals surface area contributed by atoms with E-state index in [4.69, 9.17) is 9.72 Å². The first-order valence-corrected chi connectivity index (χ1v) is 8.71. The summed E-state index contributed by atoms with van der Waals surface area (Å²) in [6, 6.07) is 8.92. The maximum atomic E-state index is 5.33. The summed E-state index contributed by atoms with van der Waals surface area (Å²) in [5.41, 5.74) is 0. The van der Waals surface area contributed by atoms with E-state index in [0.29, 0.717) is 6.04 Å². The van der Waals surface area contributed by atoms with E-state index in [-0.39, 0.29) is 0 Å². The zero-order valence-electron chi connectivity index (χ0n) is 12.4. The summed E-state index contributed by atoms with van der Waals surface area (Å²) >= 11 is 3.59. The van der Waals surface area contributed by atoms with Gasteiger partial charge in [0.25, 0.3) is 0 Å². The topological polar surface area (TPSA) is 25.4 Å². The molecule has 1 fully saturated rings. The predicted octanol–water partition coefficient (Wildman–Crippen LogP) is 4.39. The van der Waals surface area contributed by atoms with Gasteiger partial charge in [-0.15, -0.1) is 0 Å². The minimum absolute atomic E-state index is 0.628. The Kier molecular flexibility index (Phi) is 4.63. The van der Waals surface area contributed by atoms with Gasteiger partial charge in [0.05, 0.1) is 7.11 Å². The number of benzene rings is 1. The van der Waals surface area contributed by atoms with Crippen LogP contribution in [0.5, 0.6) is 5.75 Å². The number of rotatable bonds is 5. The van der Waals surface area contributed by atoms with Crippen molar-refractivity contribution in [1.29, 1.82) is 0 Å². The molecule has 1 aromatic carbocycles. The molecule has 1 aliphatic rings. The molecule has 1 heterocycles. The van der Waals surface area contributed by atoms with Gasteiger partial charge in [-0.1, -0.05) is 28.8 Å². The molecule has 0 radical (unpaired) electrons. The van der Waals surface area contributed by atoms with Gasteiger partial charge >= 0.3 is 0 Å². The van der Waals surface area contributed by atoms with Gasteiger partial charge in [-0.25, -0.2) is 4.98 Å². The standard InChI is InChI=1S/C17H21BrN2O/c1-21-15-6-7-16-13(12-15)8-10-19-17(16)20(11-9-18)14-4-2-3-5-14/h6-8,10,12,14H,2-5,9,11H2,1H3. The average Bonchev–Trinajstić information content (AvgIpc) is 3.05. The number of ether oxygens (including phenoxy) is 1. The first kappa shape index (κ1) is 14.6. The number of alkyl halides is 1. The second kappa shape index (κ2) is 6.65. The largest absolute Gasteiger partial charge is 0.497 e. The average molecular weight is 349 g/mol. The summed E-state index contributed by atoms with van der Waals surface area (Å²) in [7, 11) is 1.71. The fourth-order valence-electron chi connectivity index (χ4n) is 3.26. The highest BCUT2D eigenvalue weighted by molar-refractivity contribution is 9.09. The molecule has 1 aliphatic carbocycles. The maximum Gasteiger partial charge on any atom is 0.136 e. The Morgan fingerprint density at radius 3 is 2.81 bits per heavy atom. The number of halogens is 1. The molecule has 0 spiro atoms. The van der Waals surface area contributed by atoms with Crippen LogP contribution in [0.4, 0.5) is 5.82 Å². The van der Waals surface area contributed by atoms with Crippen LogP contribution in [0.2, 0.25) is 0 Å². The highest BCUT2D eigenvalue weighted by atomic mass is 79.9. The summed E-state index contributed by atoms with van der Waals surface area (Å²) in [6.07, 6.45) is 7.14. The number of anilines is 1. The van der Waals surface area contributed by atoms with Gasteiger partial charge in [-0.3, -0.25) is 0 Å². The van der Waals surface area contributed by atoms with Crippen LogP contribution in [0.15, 0.2) is 30.5 Å². The lowest BCUT2D eigenvalue weighted by Crippen LogP contribution is -2.35. The highest BCUT2D eigenvalue weighted by Gasteiger charge is 2.24. The minimum atomic E-state index is 0.628. The van der Waals surface area contributed by atoms with Gasteiger partial charge in [0.15, 0.2) is 0 Å². The Morgan fingerprint density at radius 2 is 2.10 bits per heavy atom. The van der Waals surface area contributed by atoms with Crippen molar-refractivity contribution in [2.24, 2.45) is 0 Å². The Hall–Kier alpha value is -1.29. The molecule has 21 heavy (non-hydrogen) atoms. The normalized spacial score (nSPS) is 15.5.